The van der Waals surface area contributed by atoms with Crippen LogP contribution in [0.15, 0.2) is 24.3 Å². The summed E-state index contributed by atoms with van der Waals surface area (Å²) in [5.74, 6) is 0.321. The lowest BCUT2D eigenvalue weighted by Gasteiger charge is -2.36. The standard InChI is InChI=1S/C14H20N4O3/c1-2-10-9-17(8-7-13(10)15)14(19)16-11-3-5-12(6-4-11)18(20)21/h3-6,10,13H,2,7-9,15H2,1H3,(H,16,19). The summed E-state index contributed by atoms with van der Waals surface area (Å²) < 4.78 is 0. The van der Waals surface area contributed by atoms with Gasteiger partial charge in [-0.3, -0.25) is 10.1 Å². The zero-order valence-corrected chi connectivity index (χ0v) is 12.0. The number of nitrogens with two attached hydrogens (primary N) is 1. The Kier molecular flexibility index (Phi) is 4.74. The van der Waals surface area contributed by atoms with E-state index in [0.717, 1.165) is 12.8 Å². The van der Waals surface area contributed by atoms with E-state index in [4.69, 9.17) is 5.73 Å². The molecule has 1 saturated heterocycles. The second kappa shape index (κ2) is 6.53. The number of benzene rings is 1. The molecule has 1 aliphatic heterocycles. The van der Waals surface area contributed by atoms with Crippen LogP contribution in [0, 0.1) is 16.0 Å². The number of likely N-dealkylation sites (tertiary alicyclic amines) is 1. The van der Waals surface area contributed by atoms with Crippen molar-refractivity contribution in [3.8, 4) is 0 Å². The first-order chi connectivity index (χ1) is 10.0. The van der Waals surface area contributed by atoms with Crippen LogP contribution in [0.4, 0.5) is 16.2 Å². The van der Waals surface area contributed by atoms with Crippen molar-refractivity contribution in [2.75, 3.05) is 18.4 Å². The van der Waals surface area contributed by atoms with E-state index in [9.17, 15) is 14.9 Å². The molecule has 2 amide bonds. The third kappa shape index (κ3) is 3.69. The highest BCUT2D eigenvalue weighted by atomic mass is 16.6. The van der Waals surface area contributed by atoms with Gasteiger partial charge >= 0.3 is 6.03 Å². The normalized spacial score (nSPS) is 21.9. The van der Waals surface area contributed by atoms with Crippen LogP contribution in [-0.4, -0.2) is 35.0 Å². The molecule has 2 rings (SSSR count). The molecule has 114 valence electrons. The zero-order chi connectivity index (χ0) is 15.4. The summed E-state index contributed by atoms with van der Waals surface area (Å²) >= 11 is 0. The number of hydrogen-bond donors (Lipinski definition) is 2. The molecule has 1 fully saturated rings. The van der Waals surface area contributed by atoms with E-state index in [1.165, 1.54) is 24.3 Å². The lowest BCUT2D eigenvalue weighted by atomic mass is 9.91. The van der Waals surface area contributed by atoms with Crippen molar-refractivity contribution in [2.45, 2.75) is 25.8 Å². The molecule has 2 unspecified atom stereocenters. The molecular formula is C14H20N4O3. The number of nitrogens with zero attached hydrogens (tertiary/aromatic N) is 2. The average Bonchev–Trinajstić information content (AvgIpc) is 2.48. The van der Waals surface area contributed by atoms with Crippen LogP contribution in [0.25, 0.3) is 0 Å². The van der Waals surface area contributed by atoms with Gasteiger partial charge in [0.25, 0.3) is 5.69 Å². The fourth-order valence-corrected chi connectivity index (χ4v) is 2.54. The van der Waals surface area contributed by atoms with Crippen molar-refractivity contribution < 1.29 is 9.72 Å². The largest absolute Gasteiger partial charge is 0.327 e. The molecule has 2 atom stereocenters. The maximum Gasteiger partial charge on any atom is 0.321 e. The minimum absolute atomic E-state index is 0.00277. The summed E-state index contributed by atoms with van der Waals surface area (Å²) in [6.45, 7) is 3.36. The number of non-ortho nitro benzene ring substituents is 1. The molecule has 1 aromatic rings. The fraction of sp³-hybridized carbons (Fsp3) is 0.500. The molecule has 21 heavy (non-hydrogen) atoms. The van der Waals surface area contributed by atoms with Crippen LogP contribution in [0.5, 0.6) is 0 Å². The number of nitro groups is 1. The van der Waals surface area contributed by atoms with Gasteiger partial charge in [-0.05, 0) is 24.5 Å². The topological polar surface area (TPSA) is 102 Å². The number of anilines is 1. The Balaban J connectivity index is 1.96. The number of nitro benzene ring substituents is 1. The minimum atomic E-state index is -0.469. The monoisotopic (exact) mass is 292 g/mol. The summed E-state index contributed by atoms with van der Waals surface area (Å²) in [5, 5.41) is 13.3. The first-order valence-corrected chi connectivity index (χ1v) is 7.07. The van der Waals surface area contributed by atoms with Gasteiger partial charge in [0.1, 0.15) is 0 Å². The third-order valence-electron chi connectivity index (χ3n) is 3.93. The second-order valence-electron chi connectivity index (χ2n) is 5.30. The number of amides is 2. The first-order valence-electron chi connectivity index (χ1n) is 7.07. The van der Waals surface area contributed by atoms with Gasteiger partial charge in [-0.1, -0.05) is 13.3 Å². The molecule has 3 N–H and O–H groups in total. The highest BCUT2D eigenvalue weighted by Crippen LogP contribution is 2.20. The van der Waals surface area contributed by atoms with Crippen LogP contribution < -0.4 is 11.1 Å². The fourth-order valence-electron chi connectivity index (χ4n) is 2.54. The molecule has 0 bridgehead atoms. The highest BCUT2D eigenvalue weighted by Gasteiger charge is 2.28. The first kappa shape index (κ1) is 15.2. The predicted molar refractivity (Wildman–Crippen MR) is 80.1 cm³/mol. The number of urea groups is 1. The smallest absolute Gasteiger partial charge is 0.321 e. The summed E-state index contributed by atoms with van der Waals surface area (Å²) in [7, 11) is 0. The molecule has 1 aliphatic rings. The molecule has 0 aliphatic carbocycles. The van der Waals surface area contributed by atoms with Gasteiger partial charge in [0.2, 0.25) is 0 Å². The summed E-state index contributed by atoms with van der Waals surface area (Å²) in [6, 6.07) is 5.77. The van der Waals surface area contributed by atoms with E-state index in [1.807, 2.05) is 0 Å². The van der Waals surface area contributed by atoms with Gasteiger partial charge in [0.05, 0.1) is 4.92 Å². The number of hydrogen-bond acceptors (Lipinski definition) is 4. The van der Waals surface area contributed by atoms with Crippen LogP contribution in [0.3, 0.4) is 0 Å². The summed E-state index contributed by atoms with van der Waals surface area (Å²) in [5.41, 5.74) is 6.58. The van der Waals surface area contributed by atoms with E-state index < -0.39 is 4.92 Å². The maximum atomic E-state index is 12.2. The number of piperidine rings is 1. The zero-order valence-electron chi connectivity index (χ0n) is 12.0. The SMILES string of the molecule is CCC1CN(C(=O)Nc2ccc([N+](=O)[O-])cc2)CCC1N. The lowest BCUT2D eigenvalue weighted by molar-refractivity contribution is -0.384. The number of carbonyl (C=O) groups excluding carboxylic acids is 1. The summed E-state index contributed by atoms with van der Waals surface area (Å²) in [4.78, 5) is 24.1. The lowest BCUT2D eigenvalue weighted by Crippen LogP contribution is -2.50. The Morgan fingerprint density at radius 1 is 1.48 bits per heavy atom. The van der Waals surface area contributed by atoms with Gasteiger partial charge in [-0.15, -0.1) is 0 Å². The van der Waals surface area contributed by atoms with Crippen molar-refractivity contribution in [1.29, 1.82) is 0 Å². The maximum absolute atomic E-state index is 12.2. The second-order valence-corrected chi connectivity index (χ2v) is 5.30. The Bertz CT molecular complexity index is 517. The Hall–Kier alpha value is -2.15. The van der Waals surface area contributed by atoms with Crippen molar-refractivity contribution in [2.24, 2.45) is 11.7 Å². The van der Waals surface area contributed by atoms with Gasteiger partial charge in [-0.2, -0.15) is 0 Å². The Morgan fingerprint density at radius 3 is 2.71 bits per heavy atom. The minimum Gasteiger partial charge on any atom is -0.327 e. The Labute approximate surface area is 123 Å². The third-order valence-corrected chi connectivity index (χ3v) is 3.93. The van der Waals surface area contributed by atoms with Crippen LogP contribution in [-0.2, 0) is 0 Å². The molecule has 1 heterocycles. The van der Waals surface area contributed by atoms with Gasteiger partial charge in [0, 0.05) is 37.0 Å². The molecule has 7 heteroatoms. The average molecular weight is 292 g/mol. The Morgan fingerprint density at radius 2 is 2.14 bits per heavy atom. The predicted octanol–water partition coefficient (Wildman–Crippen LogP) is 2.19. The van der Waals surface area contributed by atoms with Crippen molar-refractivity contribution >= 4 is 17.4 Å². The van der Waals surface area contributed by atoms with Gasteiger partial charge in [-0.25, -0.2) is 4.79 Å². The summed E-state index contributed by atoms with van der Waals surface area (Å²) in [6.07, 6.45) is 1.74. The van der Waals surface area contributed by atoms with Crippen LogP contribution >= 0.6 is 0 Å². The number of nitrogens with one attached hydrogen (secondary N) is 1. The number of rotatable bonds is 3. The van der Waals surface area contributed by atoms with E-state index in [2.05, 4.69) is 12.2 Å². The van der Waals surface area contributed by atoms with Crippen molar-refractivity contribution in [3.05, 3.63) is 34.4 Å². The van der Waals surface area contributed by atoms with E-state index in [1.54, 1.807) is 4.90 Å². The molecule has 0 radical (unpaired) electrons. The molecule has 1 aromatic carbocycles. The van der Waals surface area contributed by atoms with E-state index >= 15 is 0 Å². The van der Waals surface area contributed by atoms with Crippen LogP contribution in [0.2, 0.25) is 0 Å². The molecule has 7 nitrogen and oxygen atoms in total. The molecule has 0 aromatic heterocycles. The molecular weight excluding hydrogens is 272 g/mol. The van der Waals surface area contributed by atoms with Crippen molar-refractivity contribution in [3.63, 3.8) is 0 Å². The number of carbonyl (C=O) groups is 1. The van der Waals surface area contributed by atoms with E-state index in [0.29, 0.717) is 24.7 Å². The van der Waals surface area contributed by atoms with Crippen molar-refractivity contribution in [1.82, 2.24) is 4.90 Å². The molecule has 0 spiro atoms. The molecule has 0 saturated carbocycles. The van der Waals surface area contributed by atoms with Gasteiger partial charge in [0.15, 0.2) is 0 Å². The highest BCUT2D eigenvalue weighted by molar-refractivity contribution is 5.89. The van der Waals surface area contributed by atoms with E-state index in [-0.39, 0.29) is 17.8 Å². The van der Waals surface area contributed by atoms with Gasteiger partial charge < -0.3 is 16.0 Å². The van der Waals surface area contributed by atoms with Crippen LogP contribution in [0.1, 0.15) is 19.8 Å². The quantitative estimate of drug-likeness (QED) is 0.658.